The van der Waals surface area contributed by atoms with E-state index in [1.807, 2.05) is 32.0 Å². The number of hydrogen-bond acceptors (Lipinski definition) is 5. The van der Waals surface area contributed by atoms with Crippen LogP contribution in [0.3, 0.4) is 0 Å². The van der Waals surface area contributed by atoms with Crippen LogP contribution in [0.5, 0.6) is 0 Å². The van der Waals surface area contributed by atoms with Crippen molar-refractivity contribution in [2.24, 2.45) is 0 Å². The largest absolute Gasteiger partial charge is 0.461 e. The molecule has 0 unspecified atom stereocenters. The number of anilines is 1. The Kier molecular flexibility index (Phi) is 4.89. The van der Waals surface area contributed by atoms with Gasteiger partial charge in [-0.05, 0) is 61.9 Å². The van der Waals surface area contributed by atoms with E-state index in [0.29, 0.717) is 0 Å². The first-order chi connectivity index (χ1) is 13.0. The lowest BCUT2D eigenvalue weighted by Crippen LogP contribution is -2.07. The Morgan fingerprint density at radius 3 is 2.74 bits per heavy atom. The molecule has 0 fully saturated rings. The summed E-state index contributed by atoms with van der Waals surface area (Å²) in [4.78, 5) is 9.88. The van der Waals surface area contributed by atoms with Crippen LogP contribution in [0, 0.1) is 20.8 Å². The first-order valence-electron chi connectivity index (χ1n) is 8.81. The van der Waals surface area contributed by atoms with Crippen LogP contribution >= 0.6 is 22.9 Å². The summed E-state index contributed by atoms with van der Waals surface area (Å²) in [6.45, 7) is 6.87. The highest BCUT2D eigenvalue weighted by molar-refractivity contribution is 7.13. The SMILES string of the molecule is Cc1csc(-c2cc(NCCc3c(C)oc4c(C)cc(Cl)cc34)ncn2)c1. The number of nitrogens with one attached hydrogen (secondary N) is 1. The molecule has 0 aliphatic rings. The molecule has 4 aromatic rings. The minimum absolute atomic E-state index is 0.738. The molecule has 0 amide bonds. The van der Waals surface area contributed by atoms with Crippen molar-refractivity contribution in [3.05, 3.63) is 63.4 Å². The van der Waals surface area contributed by atoms with Gasteiger partial charge in [0.2, 0.25) is 0 Å². The van der Waals surface area contributed by atoms with E-state index in [4.69, 9.17) is 16.0 Å². The molecule has 0 aliphatic heterocycles. The van der Waals surface area contributed by atoms with Gasteiger partial charge >= 0.3 is 0 Å². The van der Waals surface area contributed by atoms with Crippen molar-refractivity contribution in [2.45, 2.75) is 27.2 Å². The lowest BCUT2D eigenvalue weighted by atomic mass is 10.1. The van der Waals surface area contributed by atoms with Gasteiger partial charge in [0, 0.05) is 28.6 Å². The predicted octanol–water partition coefficient (Wildman–Crippen LogP) is 6.18. The van der Waals surface area contributed by atoms with Gasteiger partial charge in [-0.3, -0.25) is 0 Å². The lowest BCUT2D eigenvalue weighted by molar-refractivity contribution is 0.570. The maximum absolute atomic E-state index is 6.24. The molecule has 0 bridgehead atoms. The van der Waals surface area contributed by atoms with E-state index in [2.05, 4.69) is 33.7 Å². The van der Waals surface area contributed by atoms with Gasteiger partial charge in [-0.15, -0.1) is 11.3 Å². The molecular formula is C21H20ClN3OS. The fourth-order valence-electron chi connectivity index (χ4n) is 3.27. The highest BCUT2D eigenvalue weighted by Gasteiger charge is 2.13. The number of aromatic nitrogens is 2. The second-order valence-corrected chi connectivity index (χ2v) is 8.04. The van der Waals surface area contributed by atoms with Gasteiger partial charge in [0.25, 0.3) is 0 Å². The molecule has 0 radical (unpaired) electrons. The van der Waals surface area contributed by atoms with Crippen LogP contribution < -0.4 is 5.32 Å². The van der Waals surface area contributed by atoms with E-state index < -0.39 is 0 Å². The summed E-state index contributed by atoms with van der Waals surface area (Å²) in [5, 5.41) is 7.36. The van der Waals surface area contributed by atoms with Crippen molar-refractivity contribution >= 4 is 39.7 Å². The summed E-state index contributed by atoms with van der Waals surface area (Å²) in [5.74, 6) is 1.76. The molecule has 0 atom stereocenters. The quantitative estimate of drug-likeness (QED) is 0.436. The number of furan rings is 1. The Morgan fingerprint density at radius 1 is 1.11 bits per heavy atom. The first kappa shape index (κ1) is 18.0. The van der Waals surface area contributed by atoms with Crippen molar-refractivity contribution in [1.82, 2.24) is 9.97 Å². The third kappa shape index (κ3) is 3.70. The van der Waals surface area contributed by atoms with E-state index >= 15 is 0 Å². The van der Waals surface area contributed by atoms with Crippen molar-refractivity contribution in [3.63, 3.8) is 0 Å². The minimum Gasteiger partial charge on any atom is -0.461 e. The van der Waals surface area contributed by atoms with Gasteiger partial charge in [0.05, 0.1) is 10.6 Å². The summed E-state index contributed by atoms with van der Waals surface area (Å²) in [6, 6.07) is 8.05. The smallest absolute Gasteiger partial charge is 0.137 e. The van der Waals surface area contributed by atoms with Gasteiger partial charge in [-0.25, -0.2) is 9.97 Å². The van der Waals surface area contributed by atoms with Gasteiger partial charge < -0.3 is 9.73 Å². The Bertz CT molecular complexity index is 1120. The fourth-order valence-corrected chi connectivity index (χ4v) is 4.41. The highest BCUT2D eigenvalue weighted by atomic mass is 35.5. The summed E-state index contributed by atoms with van der Waals surface area (Å²) in [6.07, 6.45) is 2.43. The van der Waals surface area contributed by atoms with Crippen molar-refractivity contribution in [2.75, 3.05) is 11.9 Å². The third-order valence-electron chi connectivity index (χ3n) is 4.58. The first-order valence-corrected chi connectivity index (χ1v) is 10.1. The van der Waals surface area contributed by atoms with Crippen LogP contribution in [0.15, 0.2) is 40.4 Å². The Hall–Kier alpha value is -2.37. The second-order valence-electron chi connectivity index (χ2n) is 6.69. The molecule has 0 saturated heterocycles. The van der Waals surface area contributed by atoms with Crippen LogP contribution in [0.2, 0.25) is 5.02 Å². The molecule has 4 nitrogen and oxygen atoms in total. The van der Waals surface area contributed by atoms with E-state index in [1.165, 1.54) is 11.1 Å². The summed E-state index contributed by atoms with van der Waals surface area (Å²) < 4.78 is 5.96. The number of aryl methyl sites for hydroxylation is 3. The zero-order valence-corrected chi connectivity index (χ0v) is 17.0. The normalized spacial score (nSPS) is 11.3. The van der Waals surface area contributed by atoms with Crippen LogP contribution in [-0.2, 0) is 6.42 Å². The summed E-state index contributed by atoms with van der Waals surface area (Å²) >= 11 is 7.94. The monoisotopic (exact) mass is 397 g/mol. The number of fused-ring (bicyclic) bond motifs is 1. The van der Waals surface area contributed by atoms with E-state index in [1.54, 1.807) is 17.7 Å². The average molecular weight is 398 g/mol. The number of benzene rings is 1. The van der Waals surface area contributed by atoms with E-state index in [9.17, 15) is 0 Å². The zero-order chi connectivity index (χ0) is 19.0. The fraction of sp³-hybridized carbons (Fsp3) is 0.238. The lowest BCUT2D eigenvalue weighted by Gasteiger charge is -2.06. The second kappa shape index (κ2) is 7.33. The number of halogens is 1. The zero-order valence-electron chi connectivity index (χ0n) is 15.5. The maximum atomic E-state index is 6.24. The summed E-state index contributed by atoms with van der Waals surface area (Å²) in [7, 11) is 0. The van der Waals surface area contributed by atoms with Crippen molar-refractivity contribution in [1.29, 1.82) is 0 Å². The molecule has 3 aromatic heterocycles. The van der Waals surface area contributed by atoms with Crippen molar-refractivity contribution < 1.29 is 4.42 Å². The van der Waals surface area contributed by atoms with Crippen molar-refractivity contribution in [3.8, 4) is 10.6 Å². The Morgan fingerprint density at radius 2 is 1.96 bits per heavy atom. The van der Waals surface area contributed by atoms with Crippen LogP contribution in [0.4, 0.5) is 5.82 Å². The standard InChI is InChI=1S/C21H20ClN3OS/c1-12-6-19(27-10-12)18-9-20(25-11-24-18)23-5-4-16-14(3)26-21-13(2)7-15(22)8-17(16)21/h6-11H,4-5H2,1-3H3,(H,23,24,25). The molecule has 0 saturated carbocycles. The minimum atomic E-state index is 0.738. The Balaban J connectivity index is 1.51. The number of thiophene rings is 1. The molecule has 27 heavy (non-hydrogen) atoms. The molecule has 0 aliphatic carbocycles. The van der Waals surface area contributed by atoms with Gasteiger partial charge in [-0.1, -0.05) is 11.6 Å². The third-order valence-corrected chi connectivity index (χ3v) is 5.86. The Labute approximate surface area is 167 Å². The van der Waals surface area contributed by atoms with Crippen LogP contribution in [0.1, 0.15) is 22.5 Å². The van der Waals surface area contributed by atoms with E-state index in [-0.39, 0.29) is 0 Å². The summed E-state index contributed by atoms with van der Waals surface area (Å²) in [5.41, 5.74) is 5.36. The predicted molar refractivity (Wildman–Crippen MR) is 113 cm³/mol. The van der Waals surface area contributed by atoms with Crippen LogP contribution in [0.25, 0.3) is 21.5 Å². The highest BCUT2D eigenvalue weighted by Crippen LogP contribution is 2.31. The molecule has 0 spiro atoms. The molecular weight excluding hydrogens is 378 g/mol. The van der Waals surface area contributed by atoms with Gasteiger partial charge in [0.1, 0.15) is 23.5 Å². The number of nitrogens with zero attached hydrogens (tertiary/aromatic N) is 2. The maximum Gasteiger partial charge on any atom is 0.137 e. The molecule has 3 heterocycles. The molecule has 138 valence electrons. The average Bonchev–Trinajstić information content (AvgIpc) is 3.20. The van der Waals surface area contributed by atoms with Gasteiger partial charge in [-0.2, -0.15) is 0 Å². The van der Waals surface area contributed by atoms with Crippen LogP contribution in [-0.4, -0.2) is 16.5 Å². The molecule has 4 rings (SSSR count). The molecule has 6 heteroatoms. The van der Waals surface area contributed by atoms with Gasteiger partial charge in [0.15, 0.2) is 0 Å². The molecule has 1 N–H and O–H groups in total. The number of rotatable bonds is 5. The van der Waals surface area contributed by atoms with E-state index in [0.717, 1.165) is 56.7 Å². The molecule has 1 aromatic carbocycles. The number of hydrogen-bond donors (Lipinski definition) is 1. The topological polar surface area (TPSA) is 51.0 Å².